The van der Waals surface area contributed by atoms with E-state index < -0.39 is 36.2 Å². The fraction of sp³-hybridized carbons (Fsp3) is 0.375. The summed E-state index contributed by atoms with van der Waals surface area (Å²) in [5.74, 6) is -1.73. The van der Waals surface area contributed by atoms with E-state index in [1.807, 2.05) is 36.4 Å². The lowest BCUT2D eigenvalue weighted by Crippen LogP contribution is -2.52. The van der Waals surface area contributed by atoms with Crippen LogP contribution >= 0.6 is 0 Å². The van der Waals surface area contributed by atoms with Crippen molar-refractivity contribution in [1.82, 2.24) is 10.6 Å². The van der Waals surface area contributed by atoms with E-state index in [2.05, 4.69) is 22.8 Å². The van der Waals surface area contributed by atoms with Crippen LogP contribution in [0.1, 0.15) is 36.8 Å². The van der Waals surface area contributed by atoms with Gasteiger partial charge in [-0.25, -0.2) is 9.59 Å². The minimum Gasteiger partial charge on any atom is -0.480 e. The van der Waals surface area contributed by atoms with E-state index >= 15 is 0 Å². The van der Waals surface area contributed by atoms with E-state index in [4.69, 9.17) is 14.6 Å². The number of benzene rings is 2. The molecule has 0 bridgehead atoms. The van der Waals surface area contributed by atoms with E-state index in [-0.39, 0.29) is 25.6 Å². The molecule has 32 heavy (non-hydrogen) atoms. The zero-order chi connectivity index (χ0) is 22.7. The third kappa shape index (κ3) is 4.31. The number of nitrogens with one attached hydrogen (secondary N) is 2. The van der Waals surface area contributed by atoms with E-state index in [1.54, 1.807) is 6.92 Å². The molecule has 0 aromatic heterocycles. The SMILES string of the molecule is CCC(NC(=O)[C@@H]1OCC[C@@H]1NC(=O)OCC1c2ccccc2-c2ccccc21)C(=O)O. The summed E-state index contributed by atoms with van der Waals surface area (Å²) in [5.41, 5.74) is 4.51. The number of fused-ring (bicyclic) bond motifs is 3. The molecule has 0 radical (unpaired) electrons. The summed E-state index contributed by atoms with van der Waals surface area (Å²) >= 11 is 0. The molecule has 0 spiro atoms. The summed E-state index contributed by atoms with van der Waals surface area (Å²) in [6.45, 7) is 2.12. The van der Waals surface area contributed by atoms with Gasteiger partial charge in [-0.1, -0.05) is 55.5 Å². The fourth-order valence-electron chi connectivity index (χ4n) is 4.38. The molecule has 0 saturated carbocycles. The molecule has 1 heterocycles. The largest absolute Gasteiger partial charge is 0.480 e. The highest BCUT2D eigenvalue weighted by Crippen LogP contribution is 2.44. The van der Waals surface area contributed by atoms with Gasteiger partial charge in [0.05, 0.1) is 6.04 Å². The van der Waals surface area contributed by atoms with Gasteiger partial charge in [0, 0.05) is 12.5 Å². The van der Waals surface area contributed by atoms with Gasteiger partial charge in [0.15, 0.2) is 6.10 Å². The van der Waals surface area contributed by atoms with Crippen LogP contribution in [0.3, 0.4) is 0 Å². The second kappa shape index (κ2) is 9.40. The van der Waals surface area contributed by atoms with Crippen molar-refractivity contribution in [3.63, 3.8) is 0 Å². The molecular weight excluding hydrogens is 412 g/mol. The van der Waals surface area contributed by atoms with Gasteiger partial charge in [-0.15, -0.1) is 0 Å². The van der Waals surface area contributed by atoms with Crippen LogP contribution in [0.25, 0.3) is 11.1 Å². The predicted molar refractivity (Wildman–Crippen MR) is 116 cm³/mol. The van der Waals surface area contributed by atoms with Crippen LogP contribution in [-0.4, -0.2) is 54.5 Å². The molecule has 2 amide bonds. The van der Waals surface area contributed by atoms with E-state index in [1.165, 1.54) is 0 Å². The minimum atomic E-state index is -1.11. The van der Waals surface area contributed by atoms with Crippen molar-refractivity contribution in [3.05, 3.63) is 59.7 Å². The Balaban J connectivity index is 1.37. The van der Waals surface area contributed by atoms with Gasteiger partial charge in [-0.05, 0) is 35.1 Å². The normalized spacial score (nSPS) is 20.2. The fourth-order valence-corrected chi connectivity index (χ4v) is 4.38. The minimum absolute atomic E-state index is 0.0621. The van der Waals surface area contributed by atoms with Gasteiger partial charge in [-0.2, -0.15) is 0 Å². The Bertz CT molecular complexity index is 978. The molecule has 1 saturated heterocycles. The van der Waals surface area contributed by atoms with E-state index in [9.17, 15) is 14.4 Å². The van der Waals surface area contributed by atoms with Crippen molar-refractivity contribution < 1.29 is 29.0 Å². The molecule has 1 aliphatic heterocycles. The standard InChI is InChI=1S/C24H26N2O6/c1-2-19(23(28)29)25-22(27)21-20(11-12-31-21)26-24(30)32-13-18-16-9-5-3-7-14(16)15-8-4-6-10-17(15)18/h3-10,18-21H,2,11-13H2,1H3,(H,25,27)(H,26,30)(H,28,29)/t19?,20-,21+/m0/s1. The summed E-state index contributed by atoms with van der Waals surface area (Å²) in [5, 5.41) is 14.3. The van der Waals surface area contributed by atoms with Gasteiger partial charge >= 0.3 is 12.1 Å². The van der Waals surface area contributed by atoms with E-state index in [0.29, 0.717) is 6.42 Å². The molecule has 1 fully saturated rings. The number of rotatable bonds is 7. The Kier molecular flexibility index (Phi) is 6.41. The number of carbonyl (C=O) groups excluding carboxylic acids is 2. The second-order valence-corrected chi connectivity index (χ2v) is 7.96. The number of amides is 2. The molecule has 168 valence electrons. The molecule has 2 aromatic rings. The molecule has 8 heteroatoms. The average Bonchev–Trinajstić information content (AvgIpc) is 3.38. The number of hydrogen-bond donors (Lipinski definition) is 3. The summed E-state index contributed by atoms with van der Waals surface area (Å²) in [6, 6.07) is 14.5. The first-order valence-electron chi connectivity index (χ1n) is 10.8. The van der Waals surface area contributed by atoms with Gasteiger partial charge < -0.3 is 25.2 Å². The number of hydrogen-bond acceptors (Lipinski definition) is 5. The Morgan fingerprint density at radius 3 is 2.31 bits per heavy atom. The van der Waals surface area contributed by atoms with Crippen molar-refractivity contribution in [3.8, 4) is 11.1 Å². The number of carbonyl (C=O) groups is 3. The van der Waals surface area contributed by atoms with Crippen LogP contribution in [0.15, 0.2) is 48.5 Å². The summed E-state index contributed by atoms with van der Waals surface area (Å²) in [6.07, 6.45) is -0.904. The monoisotopic (exact) mass is 438 g/mol. The predicted octanol–water partition coefficient (Wildman–Crippen LogP) is 2.66. The second-order valence-electron chi connectivity index (χ2n) is 7.96. The maximum absolute atomic E-state index is 12.5. The number of ether oxygens (including phenoxy) is 2. The van der Waals surface area contributed by atoms with Crippen LogP contribution in [0, 0.1) is 0 Å². The van der Waals surface area contributed by atoms with Crippen LogP contribution in [0.2, 0.25) is 0 Å². The number of carboxylic acids is 1. The molecule has 4 rings (SSSR count). The molecule has 8 nitrogen and oxygen atoms in total. The molecule has 3 N–H and O–H groups in total. The topological polar surface area (TPSA) is 114 Å². The van der Waals surface area contributed by atoms with Crippen LogP contribution in [-0.2, 0) is 19.1 Å². The first-order valence-corrected chi connectivity index (χ1v) is 10.8. The van der Waals surface area contributed by atoms with Crippen LogP contribution in [0.4, 0.5) is 4.79 Å². The lowest BCUT2D eigenvalue weighted by Gasteiger charge is -2.22. The zero-order valence-corrected chi connectivity index (χ0v) is 17.7. The Labute approximate surface area is 185 Å². The van der Waals surface area contributed by atoms with Crippen molar-refractivity contribution in [1.29, 1.82) is 0 Å². The quantitative estimate of drug-likeness (QED) is 0.612. The molecule has 1 unspecified atom stereocenters. The third-order valence-corrected chi connectivity index (χ3v) is 6.02. The Morgan fingerprint density at radius 1 is 1.09 bits per heavy atom. The van der Waals surface area contributed by atoms with Crippen molar-refractivity contribution in [2.45, 2.75) is 43.9 Å². The number of aliphatic carboxylic acids is 1. The molecule has 2 aliphatic rings. The number of carboxylic acid groups (broad SMARTS) is 1. The lowest BCUT2D eigenvalue weighted by atomic mass is 9.98. The Hall–Kier alpha value is -3.39. The smallest absolute Gasteiger partial charge is 0.407 e. The van der Waals surface area contributed by atoms with Gasteiger partial charge in [0.25, 0.3) is 5.91 Å². The van der Waals surface area contributed by atoms with Gasteiger partial charge in [-0.3, -0.25) is 4.79 Å². The third-order valence-electron chi connectivity index (χ3n) is 6.02. The maximum atomic E-state index is 12.5. The highest BCUT2D eigenvalue weighted by atomic mass is 16.6. The van der Waals surface area contributed by atoms with Gasteiger partial charge in [0.2, 0.25) is 0 Å². The molecule has 3 atom stereocenters. The average molecular weight is 438 g/mol. The maximum Gasteiger partial charge on any atom is 0.407 e. The van der Waals surface area contributed by atoms with Crippen LogP contribution < -0.4 is 10.6 Å². The van der Waals surface area contributed by atoms with Gasteiger partial charge in [0.1, 0.15) is 12.6 Å². The molecule has 1 aliphatic carbocycles. The van der Waals surface area contributed by atoms with Crippen molar-refractivity contribution in [2.75, 3.05) is 13.2 Å². The highest BCUT2D eigenvalue weighted by Gasteiger charge is 2.37. The first-order chi connectivity index (χ1) is 15.5. The first kappa shape index (κ1) is 21.8. The van der Waals surface area contributed by atoms with E-state index in [0.717, 1.165) is 22.3 Å². The number of alkyl carbamates (subject to hydrolysis) is 1. The molecule has 2 aromatic carbocycles. The van der Waals surface area contributed by atoms with Crippen molar-refractivity contribution in [2.24, 2.45) is 0 Å². The Morgan fingerprint density at radius 2 is 1.72 bits per heavy atom. The van der Waals surface area contributed by atoms with Crippen LogP contribution in [0.5, 0.6) is 0 Å². The summed E-state index contributed by atoms with van der Waals surface area (Å²) < 4.78 is 11.0. The zero-order valence-electron chi connectivity index (χ0n) is 17.7. The lowest BCUT2D eigenvalue weighted by molar-refractivity contribution is -0.143. The molecular formula is C24H26N2O6. The summed E-state index contributed by atoms with van der Waals surface area (Å²) in [4.78, 5) is 36.2. The van der Waals surface area contributed by atoms with Crippen molar-refractivity contribution >= 4 is 18.0 Å². The summed E-state index contributed by atoms with van der Waals surface area (Å²) in [7, 11) is 0. The highest BCUT2D eigenvalue weighted by molar-refractivity contribution is 5.87.